The van der Waals surface area contributed by atoms with E-state index in [2.05, 4.69) is 24.1 Å². The first-order valence-corrected chi connectivity index (χ1v) is 9.05. The van der Waals surface area contributed by atoms with Gasteiger partial charge in [-0.1, -0.05) is 19.9 Å². The van der Waals surface area contributed by atoms with Gasteiger partial charge in [-0.05, 0) is 12.8 Å². The molecule has 0 aromatic carbocycles. The number of thiazole rings is 1. The van der Waals surface area contributed by atoms with E-state index in [-0.39, 0.29) is 18.9 Å². The van der Waals surface area contributed by atoms with Crippen molar-refractivity contribution in [1.82, 2.24) is 10.3 Å². The molecule has 0 atom stereocenters. The van der Waals surface area contributed by atoms with Crippen LogP contribution in [0, 0.1) is 6.92 Å². The Kier molecular flexibility index (Phi) is 5.88. The van der Waals surface area contributed by atoms with Gasteiger partial charge in [0.05, 0.1) is 12.1 Å². The van der Waals surface area contributed by atoms with Gasteiger partial charge in [-0.3, -0.25) is 4.79 Å². The molecule has 0 aliphatic heterocycles. The summed E-state index contributed by atoms with van der Waals surface area (Å²) in [6.45, 7) is 6.35. The molecule has 20 heavy (non-hydrogen) atoms. The highest BCUT2D eigenvalue weighted by Gasteiger charge is 2.13. The van der Waals surface area contributed by atoms with Crippen molar-refractivity contribution in [2.24, 2.45) is 0 Å². The Balaban J connectivity index is 2.51. The SMILES string of the molecule is Cc1sc(CC(=O)NC/C=C/S(C)(=O)=O)nc1C(C)C. The number of nitrogens with zero attached hydrogens (tertiary/aromatic N) is 1. The standard InChI is InChI=1S/C13H20N2O3S2/c1-9(2)13-10(3)19-12(15-13)8-11(16)14-6-5-7-20(4,17)18/h5,7,9H,6,8H2,1-4H3,(H,14,16)/b7-5+. The van der Waals surface area contributed by atoms with Gasteiger partial charge < -0.3 is 5.32 Å². The Labute approximate surface area is 124 Å². The second-order valence-electron chi connectivity index (χ2n) is 4.89. The zero-order chi connectivity index (χ0) is 15.3. The van der Waals surface area contributed by atoms with Gasteiger partial charge >= 0.3 is 0 Å². The van der Waals surface area contributed by atoms with Crippen LogP contribution in [0.25, 0.3) is 0 Å². The normalized spacial score (nSPS) is 12.2. The smallest absolute Gasteiger partial charge is 0.227 e. The number of carbonyl (C=O) groups excluding carboxylic acids is 1. The number of aryl methyl sites for hydroxylation is 1. The number of nitrogens with one attached hydrogen (secondary N) is 1. The van der Waals surface area contributed by atoms with E-state index < -0.39 is 9.84 Å². The first kappa shape index (κ1) is 16.8. The second-order valence-corrected chi connectivity index (χ2v) is 8.10. The summed E-state index contributed by atoms with van der Waals surface area (Å²) in [7, 11) is -3.13. The monoisotopic (exact) mass is 316 g/mol. The van der Waals surface area contributed by atoms with Gasteiger partial charge in [0, 0.05) is 23.1 Å². The molecule has 0 unspecified atom stereocenters. The lowest BCUT2D eigenvalue weighted by molar-refractivity contribution is -0.120. The van der Waals surface area contributed by atoms with Gasteiger partial charge in [0.1, 0.15) is 5.01 Å². The molecule has 0 aliphatic carbocycles. The molecule has 0 spiro atoms. The van der Waals surface area contributed by atoms with Crippen LogP contribution < -0.4 is 5.32 Å². The second kappa shape index (κ2) is 6.99. The first-order valence-electron chi connectivity index (χ1n) is 6.28. The van der Waals surface area contributed by atoms with Crippen molar-refractivity contribution in [3.63, 3.8) is 0 Å². The van der Waals surface area contributed by atoms with Crippen LogP contribution in [-0.2, 0) is 21.1 Å². The molecule has 1 aromatic rings. The predicted octanol–water partition coefficient (Wildman–Crippen LogP) is 1.79. The summed E-state index contributed by atoms with van der Waals surface area (Å²) >= 11 is 1.53. The summed E-state index contributed by atoms with van der Waals surface area (Å²) in [5.74, 6) is 0.188. The van der Waals surface area contributed by atoms with Crippen molar-refractivity contribution in [2.45, 2.75) is 33.1 Å². The Morgan fingerprint density at radius 1 is 1.45 bits per heavy atom. The Morgan fingerprint density at radius 2 is 2.10 bits per heavy atom. The van der Waals surface area contributed by atoms with Crippen LogP contribution >= 0.6 is 11.3 Å². The fourth-order valence-electron chi connectivity index (χ4n) is 1.67. The summed E-state index contributed by atoms with van der Waals surface area (Å²) in [6, 6.07) is 0. The highest BCUT2D eigenvalue weighted by molar-refractivity contribution is 7.93. The van der Waals surface area contributed by atoms with Crippen molar-refractivity contribution < 1.29 is 13.2 Å². The van der Waals surface area contributed by atoms with Crippen LogP contribution in [0.1, 0.15) is 35.3 Å². The lowest BCUT2D eigenvalue weighted by atomic mass is 10.1. The van der Waals surface area contributed by atoms with Crippen LogP contribution in [0.15, 0.2) is 11.5 Å². The minimum atomic E-state index is -3.13. The van der Waals surface area contributed by atoms with E-state index >= 15 is 0 Å². The lowest BCUT2D eigenvalue weighted by Gasteiger charge is -2.00. The van der Waals surface area contributed by atoms with Crippen molar-refractivity contribution in [3.8, 4) is 0 Å². The quantitative estimate of drug-likeness (QED) is 0.868. The van der Waals surface area contributed by atoms with Crippen LogP contribution in [0.2, 0.25) is 0 Å². The Hall–Kier alpha value is -1.21. The summed E-state index contributed by atoms with van der Waals surface area (Å²) in [6.07, 6.45) is 2.75. The minimum absolute atomic E-state index is 0.160. The van der Waals surface area contributed by atoms with Gasteiger partial charge in [-0.2, -0.15) is 0 Å². The van der Waals surface area contributed by atoms with Crippen LogP contribution in [-0.4, -0.2) is 32.1 Å². The van der Waals surface area contributed by atoms with Crippen LogP contribution in [0.4, 0.5) is 0 Å². The fourth-order valence-corrected chi connectivity index (χ4v) is 3.20. The summed E-state index contributed by atoms with van der Waals surface area (Å²) < 4.78 is 21.7. The molecule has 5 nitrogen and oxygen atoms in total. The van der Waals surface area contributed by atoms with Crippen LogP contribution in [0.3, 0.4) is 0 Å². The average molecular weight is 316 g/mol. The fraction of sp³-hybridized carbons (Fsp3) is 0.538. The van der Waals surface area contributed by atoms with E-state index in [9.17, 15) is 13.2 Å². The molecule has 112 valence electrons. The molecule has 7 heteroatoms. The largest absolute Gasteiger partial charge is 0.352 e. The lowest BCUT2D eigenvalue weighted by Crippen LogP contribution is -2.25. The minimum Gasteiger partial charge on any atom is -0.352 e. The summed E-state index contributed by atoms with van der Waals surface area (Å²) in [4.78, 5) is 17.3. The van der Waals surface area contributed by atoms with E-state index in [0.717, 1.165) is 27.2 Å². The number of amides is 1. The number of aromatic nitrogens is 1. The molecule has 0 fully saturated rings. The molecule has 1 rings (SSSR count). The number of hydrogen-bond acceptors (Lipinski definition) is 5. The van der Waals surface area contributed by atoms with E-state index in [1.807, 2.05) is 6.92 Å². The molecule has 1 aromatic heterocycles. The summed E-state index contributed by atoms with van der Waals surface area (Å²) in [5.41, 5.74) is 1.04. The van der Waals surface area contributed by atoms with Gasteiger partial charge in [-0.15, -0.1) is 11.3 Å². The van der Waals surface area contributed by atoms with Crippen molar-refractivity contribution in [3.05, 3.63) is 27.1 Å². The molecule has 1 N–H and O–H groups in total. The predicted molar refractivity (Wildman–Crippen MR) is 81.6 cm³/mol. The maximum atomic E-state index is 11.7. The third kappa shape index (κ3) is 5.83. The van der Waals surface area contributed by atoms with E-state index in [1.54, 1.807) is 0 Å². The van der Waals surface area contributed by atoms with Crippen molar-refractivity contribution >= 4 is 27.1 Å². The van der Waals surface area contributed by atoms with Gasteiger partial charge in [0.15, 0.2) is 9.84 Å². The highest BCUT2D eigenvalue weighted by Crippen LogP contribution is 2.24. The zero-order valence-corrected chi connectivity index (χ0v) is 13.8. The zero-order valence-electron chi connectivity index (χ0n) is 12.1. The van der Waals surface area contributed by atoms with Crippen molar-refractivity contribution in [1.29, 1.82) is 0 Å². The van der Waals surface area contributed by atoms with Crippen molar-refractivity contribution in [2.75, 3.05) is 12.8 Å². The first-order chi connectivity index (χ1) is 9.19. The maximum Gasteiger partial charge on any atom is 0.227 e. The number of rotatable bonds is 6. The number of sulfone groups is 1. The molecule has 1 heterocycles. The van der Waals surface area contributed by atoms with Crippen LogP contribution in [0.5, 0.6) is 0 Å². The molecular formula is C13H20N2O3S2. The topological polar surface area (TPSA) is 76.1 Å². The number of hydrogen-bond donors (Lipinski definition) is 1. The molecular weight excluding hydrogens is 296 g/mol. The highest BCUT2D eigenvalue weighted by atomic mass is 32.2. The Bertz CT molecular complexity index is 601. The van der Waals surface area contributed by atoms with Gasteiger partial charge in [-0.25, -0.2) is 13.4 Å². The third-order valence-corrected chi connectivity index (χ3v) is 4.17. The third-order valence-electron chi connectivity index (χ3n) is 2.50. The molecule has 0 saturated heterocycles. The van der Waals surface area contributed by atoms with Gasteiger partial charge in [0.2, 0.25) is 5.91 Å². The molecule has 0 bridgehead atoms. The molecule has 1 amide bonds. The maximum absolute atomic E-state index is 11.7. The van der Waals surface area contributed by atoms with E-state index in [1.165, 1.54) is 17.4 Å². The average Bonchev–Trinajstić information content (AvgIpc) is 2.64. The molecule has 0 aliphatic rings. The number of carbonyl (C=O) groups is 1. The molecule has 0 saturated carbocycles. The van der Waals surface area contributed by atoms with E-state index in [4.69, 9.17) is 0 Å². The van der Waals surface area contributed by atoms with Gasteiger partial charge in [0.25, 0.3) is 0 Å². The summed E-state index contributed by atoms with van der Waals surface area (Å²) in [5, 5.41) is 4.51. The Morgan fingerprint density at radius 3 is 2.60 bits per heavy atom. The van der Waals surface area contributed by atoms with E-state index in [0.29, 0.717) is 5.92 Å². The molecule has 0 radical (unpaired) electrons.